The topological polar surface area (TPSA) is 73.0 Å². The van der Waals surface area contributed by atoms with Gasteiger partial charge in [-0.05, 0) is 24.3 Å². The van der Waals surface area contributed by atoms with E-state index in [1.807, 2.05) is 61.7 Å². The van der Waals surface area contributed by atoms with Crippen LogP contribution >= 0.6 is 0 Å². The van der Waals surface area contributed by atoms with E-state index in [-0.39, 0.29) is 5.91 Å². The Morgan fingerprint density at radius 2 is 2.07 bits per heavy atom. The number of amides is 1. The fourth-order valence-corrected chi connectivity index (χ4v) is 3.13. The minimum absolute atomic E-state index is 0.178. The molecule has 6 heteroatoms. The fourth-order valence-electron chi connectivity index (χ4n) is 3.13. The summed E-state index contributed by atoms with van der Waals surface area (Å²) in [5, 5.41) is 8.13. The Labute approximate surface area is 162 Å². The normalized spacial score (nSPS) is 11.3. The maximum Gasteiger partial charge on any atom is 0.244 e. The molecular weight excluding hydrogens is 352 g/mol. The molecule has 1 amide bonds. The number of carbonyl (C=O) groups excluding carboxylic acids is 1. The zero-order valence-corrected chi connectivity index (χ0v) is 15.5. The number of nitrogens with zero attached hydrogens (tertiary/aromatic N) is 3. The number of hydrogen-bond acceptors (Lipinski definition) is 4. The lowest BCUT2D eigenvalue weighted by molar-refractivity contribution is -0.116. The number of benzene rings is 1. The lowest BCUT2D eigenvalue weighted by Crippen LogP contribution is -2.21. The van der Waals surface area contributed by atoms with Gasteiger partial charge in [0.1, 0.15) is 11.3 Å². The van der Waals surface area contributed by atoms with Crippen molar-refractivity contribution >= 4 is 23.0 Å². The van der Waals surface area contributed by atoms with Gasteiger partial charge in [0.05, 0.1) is 0 Å². The van der Waals surface area contributed by atoms with Gasteiger partial charge in [-0.3, -0.25) is 4.79 Å². The molecular formula is C22H20N4O2. The third-order valence-corrected chi connectivity index (χ3v) is 4.48. The number of fused-ring (bicyclic) bond motifs is 1. The van der Waals surface area contributed by atoms with E-state index in [1.165, 1.54) is 0 Å². The summed E-state index contributed by atoms with van der Waals surface area (Å²) in [6.45, 7) is 2.40. The van der Waals surface area contributed by atoms with Crippen LogP contribution < -0.4 is 5.32 Å². The van der Waals surface area contributed by atoms with Crippen LogP contribution in [0.1, 0.15) is 23.8 Å². The van der Waals surface area contributed by atoms with E-state index >= 15 is 0 Å². The van der Waals surface area contributed by atoms with Gasteiger partial charge in [0.25, 0.3) is 0 Å². The van der Waals surface area contributed by atoms with Gasteiger partial charge in [-0.25, -0.2) is 9.67 Å². The van der Waals surface area contributed by atoms with Crippen LogP contribution in [-0.2, 0) is 17.8 Å². The van der Waals surface area contributed by atoms with Crippen LogP contribution in [0.25, 0.3) is 22.9 Å². The van der Waals surface area contributed by atoms with E-state index in [1.54, 1.807) is 23.2 Å². The summed E-state index contributed by atoms with van der Waals surface area (Å²) >= 11 is 0. The highest BCUT2D eigenvalue weighted by molar-refractivity contribution is 5.96. The van der Waals surface area contributed by atoms with E-state index in [9.17, 15) is 4.79 Å². The SMILES string of the molecule is CCc1oc2ccccc2c1/C=C/C(=O)NCc1cccnc1-n1cccn1. The third kappa shape index (κ3) is 3.57. The second-order valence-electron chi connectivity index (χ2n) is 6.28. The molecule has 0 saturated heterocycles. The lowest BCUT2D eigenvalue weighted by atomic mass is 10.1. The molecule has 0 fully saturated rings. The second kappa shape index (κ2) is 7.92. The van der Waals surface area contributed by atoms with Gasteiger partial charge in [-0.1, -0.05) is 31.2 Å². The molecule has 3 aromatic heterocycles. The number of aryl methyl sites for hydroxylation is 1. The standard InChI is InChI=1S/C22H20N4O2/c1-2-19-18(17-8-3-4-9-20(17)28-19)10-11-21(27)24-15-16-7-5-12-23-22(16)26-14-6-13-25-26/h3-14H,2,15H2,1H3,(H,24,27)/b11-10+. The number of pyridine rings is 1. The van der Waals surface area contributed by atoms with Crippen molar-refractivity contribution in [2.24, 2.45) is 0 Å². The predicted molar refractivity (Wildman–Crippen MR) is 108 cm³/mol. The van der Waals surface area contributed by atoms with Crippen LogP contribution in [0.3, 0.4) is 0 Å². The van der Waals surface area contributed by atoms with Crippen LogP contribution in [0.2, 0.25) is 0 Å². The first-order valence-electron chi connectivity index (χ1n) is 9.16. The van der Waals surface area contributed by atoms with E-state index in [0.717, 1.165) is 34.3 Å². The van der Waals surface area contributed by atoms with Gasteiger partial charge in [0, 0.05) is 54.1 Å². The summed E-state index contributed by atoms with van der Waals surface area (Å²) < 4.78 is 7.55. The van der Waals surface area contributed by atoms with Crippen molar-refractivity contribution in [1.29, 1.82) is 0 Å². The average Bonchev–Trinajstić information content (AvgIpc) is 3.38. The first-order valence-corrected chi connectivity index (χ1v) is 9.16. The summed E-state index contributed by atoms with van der Waals surface area (Å²) in [5.41, 5.74) is 2.67. The van der Waals surface area contributed by atoms with Crippen LogP contribution in [0.5, 0.6) is 0 Å². The molecule has 0 radical (unpaired) electrons. The van der Waals surface area contributed by atoms with Crippen LogP contribution in [0, 0.1) is 0 Å². The first-order chi connectivity index (χ1) is 13.8. The molecule has 0 saturated carbocycles. The van der Waals surface area contributed by atoms with E-state index < -0.39 is 0 Å². The molecule has 0 spiro atoms. The Morgan fingerprint density at radius 1 is 1.18 bits per heavy atom. The van der Waals surface area contributed by atoms with Crippen LogP contribution in [-0.4, -0.2) is 20.7 Å². The zero-order chi connectivity index (χ0) is 19.3. The molecule has 140 valence electrons. The smallest absolute Gasteiger partial charge is 0.244 e. The predicted octanol–water partition coefficient (Wildman–Crippen LogP) is 3.91. The van der Waals surface area contributed by atoms with E-state index in [2.05, 4.69) is 15.4 Å². The van der Waals surface area contributed by atoms with Gasteiger partial charge >= 0.3 is 0 Å². The van der Waals surface area contributed by atoms with Gasteiger partial charge in [-0.15, -0.1) is 0 Å². The second-order valence-corrected chi connectivity index (χ2v) is 6.28. The molecule has 1 aromatic carbocycles. The van der Waals surface area contributed by atoms with Gasteiger partial charge in [-0.2, -0.15) is 5.10 Å². The molecule has 4 rings (SSSR count). The van der Waals surface area contributed by atoms with Crippen molar-refractivity contribution in [3.8, 4) is 5.82 Å². The average molecular weight is 372 g/mol. The third-order valence-electron chi connectivity index (χ3n) is 4.48. The molecule has 28 heavy (non-hydrogen) atoms. The Bertz CT molecular complexity index is 1130. The van der Waals surface area contributed by atoms with Crippen LogP contribution in [0.4, 0.5) is 0 Å². The quantitative estimate of drug-likeness (QED) is 0.521. The molecule has 6 nitrogen and oxygen atoms in total. The Balaban J connectivity index is 1.49. The maximum absolute atomic E-state index is 12.4. The molecule has 0 bridgehead atoms. The Morgan fingerprint density at radius 3 is 2.89 bits per heavy atom. The van der Waals surface area contributed by atoms with E-state index in [4.69, 9.17) is 4.42 Å². The molecule has 4 aromatic rings. The number of para-hydroxylation sites is 1. The van der Waals surface area contributed by atoms with Gasteiger partial charge in [0.2, 0.25) is 5.91 Å². The molecule has 0 aliphatic rings. The summed E-state index contributed by atoms with van der Waals surface area (Å²) in [6.07, 6.45) is 9.35. The van der Waals surface area contributed by atoms with Crippen molar-refractivity contribution in [3.63, 3.8) is 0 Å². The highest BCUT2D eigenvalue weighted by atomic mass is 16.3. The van der Waals surface area contributed by atoms with Gasteiger partial charge in [0.15, 0.2) is 5.82 Å². The minimum Gasteiger partial charge on any atom is -0.460 e. The Hall–Kier alpha value is -3.67. The molecule has 0 aliphatic carbocycles. The number of furan rings is 1. The molecule has 0 aliphatic heterocycles. The number of nitrogens with one attached hydrogen (secondary N) is 1. The summed E-state index contributed by atoms with van der Waals surface area (Å²) in [6, 6.07) is 13.4. The Kier molecular flexibility index (Phi) is 5.01. The monoisotopic (exact) mass is 372 g/mol. The zero-order valence-electron chi connectivity index (χ0n) is 15.5. The van der Waals surface area contributed by atoms with Gasteiger partial charge < -0.3 is 9.73 Å². The van der Waals surface area contributed by atoms with Crippen molar-refractivity contribution in [1.82, 2.24) is 20.1 Å². The molecule has 3 heterocycles. The molecule has 0 atom stereocenters. The summed E-state index contributed by atoms with van der Waals surface area (Å²) in [7, 11) is 0. The molecule has 0 unspecified atom stereocenters. The summed E-state index contributed by atoms with van der Waals surface area (Å²) in [4.78, 5) is 16.7. The first kappa shape index (κ1) is 17.7. The highest BCUT2D eigenvalue weighted by Gasteiger charge is 2.11. The fraction of sp³-hybridized carbons (Fsp3) is 0.136. The highest BCUT2D eigenvalue weighted by Crippen LogP contribution is 2.27. The van der Waals surface area contributed by atoms with Crippen LogP contribution in [0.15, 0.2) is 71.5 Å². The number of rotatable bonds is 6. The van der Waals surface area contributed by atoms with Crippen molar-refractivity contribution in [2.75, 3.05) is 0 Å². The number of aromatic nitrogens is 3. The minimum atomic E-state index is -0.178. The number of hydrogen-bond donors (Lipinski definition) is 1. The van der Waals surface area contributed by atoms with Crippen molar-refractivity contribution < 1.29 is 9.21 Å². The number of carbonyl (C=O) groups is 1. The van der Waals surface area contributed by atoms with E-state index in [0.29, 0.717) is 12.4 Å². The van der Waals surface area contributed by atoms with Crippen molar-refractivity contribution in [2.45, 2.75) is 19.9 Å². The largest absolute Gasteiger partial charge is 0.460 e. The molecule has 1 N–H and O–H groups in total. The lowest BCUT2D eigenvalue weighted by Gasteiger charge is -2.08. The summed E-state index contributed by atoms with van der Waals surface area (Å²) in [5.74, 6) is 1.40. The van der Waals surface area contributed by atoms with Crippen molar-refractivity contribution in [3.05, 3.63) is 84.0 Å². The maximum atomic E-state index is 12.4.